The van der Waals surface area contributed by atoms with Gasteiger partial charge in [0.2, 0.25) is 5.91 Å². The molecular formula is C34H40N4O3. The number of nitrogens with one attached hydrogen (secondary N) is 1. The van der Waals surface area contributed by atoms with Crippen molar-refractivity contribution in [3.8, 4) is 5.75 Å². The predicted molar refractivity (Wildman–Crippen MR) is 164 cm³/mol. The average molecular weight is 553 g/mol. The summed E-state index contributed by atoms with van der Waals surface area (Å²) >= 11 is 0. The Labute approximate surface area is 243 Å². The highest BCUT2D eigenvalue weighted by Crippen LogP contribution is 2.18. The van der Waals surface area contributed by atoms with E-state index in [9.17, 15) is 9.59 Å². The molecule has 0 aliphatic rings. The number of rotatable bonds is 12. The lowest BCUT2D eigenvalue weighted by Crippen LogP contribution is -2.45. The zero-order chi connectivity index (χ0) is 29.2. The second-order valence-corrected chi connectivity index (χ2v) is 10.7. The number of benzene rings is 3. The number of hydrogen-bond acceptors (Lipinski definition) is 3. The maximum absolute atomic E-state index is 13.9. The number of anilines is 1. The maximum Gasteiger partial charge on any atom is 0.322 e. The van der Waals surface area contributed by atoms with Gasteiger partial charge in [0.05, 0.1) is 13.7 Å². The summed E-state index contributed by atoms with van der Waals surface area (Å²) in [5.41, 5.74) is 4.87. The highest BCUT2D eigenvalue weighted by atomic mass is 16.5. The SMILES string of the molecule is COc1cccc(Cn2cccc2CN(Cc2ccccc2)C(=O)CN(CC(C)C)C(=O)Nc2ccccc2C)c1. The van der Waals surface area contributed by atoms with Crippen LogP contribution in [0.15, 0.2) is 97.2 Å². The summed E-state index contributed by atoms with van der Waals surface area (Å²) in [5, 5.41) is 3.00. The van der Waals surface area contributed by atoms with Crippen LogP contribution in [-0.4, -0.2) is 46.5 Å². The number of amides is 3. The van der Waals surface area contributed by atoms with Crippen LogP contribution in [0.1, 0.15) is 36.2 Å². The molecule has 3 amide bonds. The van der Waals surface area contributed by atoms with E-state index in [0.29, 0.717) is 26.2 Å². The number of hydrogen-bond donors (Lipinski definition) is 1. The maximum atomic E-state index is 13.9. The molecule has 7 nitrogen and oxygen atoms in total. The van der Waals surface area contributed by atoms with Crippen molar-refractivity contribution >= 4 is 17.6 Å². The molecule has 0 radical (unpaired) electrons. The molecule has 4 aromatic rings. The number of aryl methyl sites for hydroxylation is 1. The van der Waals surface area contributed by atoms with Crippen LogP contribution in [0.25, 0.3) is 0 Å². The van der Waals surface area contributed by atoms with E-state index in [2.05, 4.69) is 16.0 Å². The number of methoxy groups -OCH3 is 1. The Morgan fingerprint density at radius 2 is 1.59 bits per heavy atom. The van der Waals surface area contributed by atoms with Crippen molar-refractivity contribution in [3.63, 3.8) is 0 Å². The Bertz CT molecular complexity index is 1430. The van der Waals surface area contributed by atoms with Crippen LogP contribution in [0.5, 0.6) is 5.75 Å². The number of aromatic nitrogens is 1. The van der Waals surface area contributed by atoms with Gasteiger partial charge in [-0.1, -0.05) is 74.5 Å². The van der Waals surface area contributed by atoms with E-state index >= 15 is 0 Å². The van der Waals surface area contributed by atoms with E-state index in [0.717, 1.165) is 33.8 Å². The molecule has 41 heavy (non-hydrogen) atoms. The second kappa shape index (κ2) is 14.2. The van der Waals surface area contributed by atoms with Crippen molar-refractivity contribution in [2.24, 2.45) is 5.92 Å². The summed E-state index contributed by atoms with van der Waals surface area (Å²) in [7, 11) is 1.66. The Morgan fingerprint density at radius 1 is 0.854 bits per heavy atom. The number of para-hydroxylation sites is 1. The molecule has 4 rings (SSSR count). The van der Waals surface area contributed by atoms with Crippen molar-refractivity contribution in [2.45, 2.75) is 40.4 Å². The Hall–Kier alpha value is -4.52. The summed E-state index contributed by atoms with van der Waals surface area (Å²) in [4.78, 5) is 30.7. The summed E-state index contributed by atoms with van der Waals surface area (Å²) in [6, 6.07) is 29.4. The Balaban J connectivity index is 1.55. The third-order valence-electron chi connectivity index (χ3n) is 6.92. The van der Waals surface area contributed by atoms with Crippen molar-refractivity contribution in [3.05, 3.63) is 120 Å². The first kappa shape index (κ1) is 29.5. The van der Waals surface area contributed by atoms with Gasteiger partial charge in [-0.15, -0.1) is 0 Å². The van der Waals surface area contributed by atoms with Gasteiger partial charge in [-0.05, 0) is 59.9 Å². The molecule has 1 N–H and O–H groups in total. The summed E-state index contributed by atoms with van der Waals surface area (Å²) in [6.07, 6.45) is 2.03. The third-order valence-corrected chi connectivity index (χ3v) is 6.92. The fourth-order valence-corrected chi connectivity index (χ4v) is 4.78. The van der Waals surface area contributed by atoms with Crippen LogP contribution in [0.2, 0.25) is 0 Å². The molecule has 0 atom stereocenters. The van der Waals surface area contributed by atoms with Gasteiger partial charge >= 0.3 is 6.03 Å². The normalized spacial score (nSPS) is 10.9. The van der Waals surface area contributed by atoms with Crippen molar-refractivity contribution in [2.75, 3.05) is 25.5 Å². The lowest BCUT2D eigenvalue weighted by atomic mass is 10.2. The van der Waals surface area contributed by atoms with Crippen LogP contribution < -0.4 is 10.1 Å². The number of urea groups is 1. The highest BCUT2D eigenvalue weighted by Gasteiger charge is 2.24. The lowest BCUT2D eigenvalue weighted by Gasteiger charge is -2.29. The largest absolute Gasteiger partial charge is 0.497 e. The molecule has 0 saturated heterocycles. The predicted octanol–water partition coefficient (Wildman–Crippen LogP) is 6.57. The molecule has 0 fully saturated rings. The van der Waals surface area contributed by atoms with Gasteiger partial charge in [-0.3, -0.25) is 4.79 Å². The minimum absolute atomic E-state index is 0.0146. The monoisotopic (exact) mass is 552 g/mol. The first-order chi connectivity index (χ1) is 19.8. The molecule has 0 aliphatic carbocycles. The zero-order valence-corrected chi connectivity index (χ0v) is 24.4. The van der Waals surface area contributed by atoms with Crippen LogP contribution in [0.3, 0.4) is 0 Å². The lowest BCUT2D eigenvalue weighted by molar-refractivity contribution is -0.133. The highest BCUT2D eigenvalue weighted by molar-refractivity contribution is 5.93. The van der Waals surface area contributed by atoms with E-state index in [-0.39, 0.29) is 24.4 Å². The number of nitrogens with zero attached hydrogens (tertiary/aromatic N) is 3. The molecule has 0 bridgehead atoms. The van der Waals surface area contributed by atoms with Gasteiger partial charge in [0.15, 0.2) is 0 Å². The molecule has 3 aromatic carbocycles. The molecule has 0 aliphatic heterocycles. The standard InChI is InChI=1S/C34H40N4O3/c1-26(2)21-38(34(40)35-32-18-9-8-12-27(32)3)25-33(39)37(22-28-13-6-5-7-14-28)24-30-16-11-19-36(30)23-29-15-10-17-31(20-29)41-4/h5-20,26H,21-25H2,1-4H3,(H,35,40). The van der Waals surface area contributed by atoms with E-state index in [1.54, 1.807) is 12.0 Å². The van der Waals surface area contributed by atoms with Gasteiger partial charge in [0.1, 0.15) is 12.3 Å². The van der Waals surface area contributed by atoms with Crippen molar-refractivity contribution in [1.29, 1.82) is 0 Å². The smallest absolute Gasteiger partial charge is 0.322 e. The molecule has 214 valence electrons. The molecule has 0 saturated carbocycles. The summed E-state index contributed by atoms with van der Waals surface area (Å²) in [6.45, 7) is 8.02. The van der Waals surface area contributed by atoms with Gasteiger partial charge in [0.25, 0.3) is 0 Å². The average Bonchev–Trinajstić information content (AvgIpc) is 3.40. The zero-order valence-electron chi connectivity index (χ0n) is 24.4. The van der Waals surface area contributed by atoms with Crippen molar-refractivity contribution in [1.82, 2.24) is 14.4 Å². The first-order valence-corrected chi connectivity index (χ1v) is 14.0. The summed E-state index contributed by atoms with van der Waals surface area (Å²) < 4.78 is 7.54. The topological polar surface area (TPSA) is 66.8 Å². The second-order valence-electron chi connectivity index (χ2n) is 10.7. The quantitative estimate of drug-likeness (QED) is 0.216. The molecule has 0 spiro atoms. The van der Waals surface area contributed by atoms with E-state index < -0.39 is 0 Å². The van der Waals surface area contributed by atoms with Gasteiger partial charge in [-0.2, -0.15) is 0 Å². The van der Waals surface area contributed by atoms with E-state index in [1.165, 1.54) is 0 Å². The molecule has 1 aromatic heterocycles. The minimum Gasteiger partial charge on any atom is -0.497 e. The van der Waals surface area contributed by atoms with Crippen LogP contribution in [0.4, 0.5) is 10.5 Å². The number of carbonyl (C=O) groups excluding carboxylic acids is 2. The molecule has 7 heteroatoms. The fraction of sp³-hybridized carbons (Fsp3) is 0.294. The molecular weight excluding hydrogens is 512 g/mol. The Morgan fingerprint density at radius 3 is 2.32 bits per heavy atom. The van der Waals surface area contributed by atoms with Crippen molar-refractivity contribution < 1.29 is 14.3 Å². The number of ether oxygens (including phenoxy) is 1. The molecule has 1 heterocycles. The van der Waals surface area contributed by atoms with Gasteiger partial charge < -0.3 is 24.4 Å². The van der Waals surface area contributed by atoms with E-state index in [1.807, 2.05) is 117 Å². The first-order valence-electron chi connectivity index (χ1n) is 14.0. The minimum atomic E-state index is -0.276. The third kappa shape index (κ3) is 8.48. The Kier molecular flexibility index (Phi) is 10.2. The van der Waals surface area contributed by atoms with Crippen LogP contribution in [0, 0.1) is 12.8 Å². The fourth-order valence-electron chi connectivity index (χ4n) is 4.78. The van der Waals surface area contributed by atoms with Gasteiger partial charge in [-0.25, -0.2) is 4.79 Å². The van der Waals surface area contributed by atoms with E-state index in [4.69, 9.17) is 4.74 Å². The van der Waals surface area contributed by atoms with Gasteiger partial charge in [0, 0.05) is 37.2 Å². The molecule has 0 unspecified atom stereocenters. The van der Waals surface area contributed by atoms with Crippen LogP contribution >= 0.6 is 0 Å². The van der Waals surface area contributed by atoms with Crippen LogP contribution in [-0.2, 0) is 24.4 Å². The number of carbonyl (C=O) groups is 2. The summed E-state index contributed by atoms with van der Waals surface area (Å²) in [5.74, 6) is 0.906.